The molecule has 1 rings (SSSR count). The highest BCUT2D eigenvalue weighted by molar-refractivity contribution is 6.67. The van der Waals surface area contributed by atoms with Crippen LogP contribution in [0.2, 0.25) is 6.82 Å². The summed E-state index contributed by atoms with van der Waals surface area (Å²) in [5.74, 6) is 0. The highest BCUT2D eigenvalue weighted by Crippen LogP contribution is 2.00. The fraction of sp³-hybridized carbons (Fsp3) is 0.125. The average Bonchev–Trinajstić information content (AvgIpc) is 2.05. The van der Waals surface area contributed by atoms with Crippen LogP contribution >= 0.6 is 11.6 Å². The second-order valence-electron chi connectivity index (χ2n) is 2.18. The minimum atomic E-state index is -0.410. The van der Waals surface area contributed by atoms with Gasteiger partial charge in [-0.1, -0.05) is 36.6 Å². The molecule has 0 saturated heterocycles. The van der Waals surface area contributed by atoms with E-state index >= 15 is 0 Å². The molecule has 0 aliphatic carbocycles. The monoisotopic (exact) mass is 165 g/mol. The number of carbonyl (C=O) groups excluding carboxylic acids is 1. The van der Waals surface area contributed by atoms with Crippen LogP contribution in [-0.4, -0.2) is 12.5 Å². The molecular formula is C8H7BClO. The summed E-state index contributed by atoms with van der Waals surface area (Å²) >= 11 is 5.25. The molecule has 1 radical (unpaired) electrons. The minimum absolute atomic E-state index is 0.410. The molecule has 11 heavy (non-hydrogen) atoms. The van der Waals surface area contributed by atoms with Gasteiger partial charge in [-0.2, -0.15) is 0 Å². The Morgan fingerprint density at radius 3 is 2.27 bits per heavy atom. The molecule has 0 aliphatic rings. The Labute approximate surface area is 71.6 Å². The Morgan fingerprint density at radius 2 is 1.91 bits per heavy atom. The molecule has 0 N–H and O–H groups in total. The number of benzene rings is 1. The molecule has 0 atom stereocenters. The minimum Gasteiger partial charge on any atom is -0.276 e. The van der Waals surface area contributed by atoms with E-state index in [9.17, 15) is 4.79 Å². The molecule has 0 fully saturated rings. The molecule has 0 unspecified atom stereocenters. The fourth-order valence-electron chi connectivity index (χ4n) is 0.807. The first-order valence-corrected chi connectivity index (χ1v) is 3.71. The van der Waals surface area contributed by atoms with E-state index in [-0.39, 0.29) is 0 Å². The molecular weight excluding hydrogens is 158 g/mol. The smallest absolute Gasteiger partial charge is 0.252 e. The Balaban J connectivity index is 2.91. The molecule has 0 aliphatic heterocycles. The highest BCUT2D eigenvalue weighted by Gasteiger charge is 1.99. The van der Waals surface area contributed by atoms with Gasteiger partial charge in [0.1, 0.15) is 7.28 Å². The van der Waals surface area contributed by atoms with Crippen molar-refractivity contribution in [3.63, 3.8) is 0 Å². The van der Waals surface area contributed by atoms with Crippen LogP contribution in [0.4, 0.5) is 0 Å². The van der Waals surface area contributed by atoms with E-state index in [1.165, 1.54) is 0 Å². The Bertz CT molecular complexity index is 255. The summed E-state index contributed by atoms with van der Waals surface area (Å²) in [5.41, 5.74) is 1.63. The zero-order chi connectivity index (χ0) is 8.27. The highest BCUT2D eigenvalue weighted by atomic mass is 35.5. The standard InChI is InChI=1S/C8H7BClO/c1-9-7-4-2-6(3-5-7)8(10)11/h2-5H,1H3. The van der Waals surface area contributed by atoms with Crippen molar-refractivity contribution < 1.29 is 4.79 Å². The van der Waals surface area contributed by atoms with E-state index in [0.29, 0.717) is 5.56 Å². The van der Waals surface area contributed by atoms with Crippen LogP contribution in [0.3, 0.4) is 0 Å². The maximum Gasteiger partial charge on any atom is 0.252 e. The largest absolute Gasteiger partial charge is 0.276 e. The van der Waals surface area contributed by atoms with Gasteiger partial charge >= 0.3 is 0 Å². The lowest BCUT2D eigenvalue weighted by Gasteiger charge is -1.95. The lowest BCUT2D eigenvalue weighted by Crippen LogP contribution is -2.09. The lowest BCUT2D eigenvalue weighted by molar-refractivity contribution is 0.108. The van der Waals surface area contributed by atoms with E-state index in [4.69, 9.17) is 11.6 Å². The number of hydrogen-bond donors (Lipinski definition) is 0. The summed E-state index contributed by atoms with van der Waals surface area (Å²) < 4.78 is 0. The van der Waals surface area contributed by atoms with Crippen molar-refractivity contribution in [2.45, 2.75) is 6.82 Å². The maximum absolute atomic E-state index is 10.6. The zero-order valence-electron chi connectivity index (χ0n) is 6.17. The number of hydrogen-bond acceptors (Lipinski definition) is 1. The van der Waals surface area contributed by atoms with Gasteiger partial charge in [-0.25, -0.2) is 0 Å². The molecule has 1 aromatic rings. The fourth-order valence-corrected chi connectivity index (χ4v) is 0.933. The number of halogens is 1. The number of carbonyl (C=O) groups is 1. The Kier molecular flexibility index (Phi) is 2.72. The molecule has 55 valence electrons. The molecule has 0 bridgehead atoms. The van der Waals surface area contributed by atoms with Gasteiger partial charge in [-0.15, -0.1) is 0 Å². The molecule has 0 aromatic heterocycles. The SMILES string of the molecule is C[B]c1ccc(C(=O)Cl)cc1. The van der Waals surface area contributed by atoms with Crippen LogP contribution in [0.15, 0.2) is 24.3 Å². The Morgan fingerprint density at radius 1 is 1.36 bits per heavy atom. The van der Waals surface area contributed by atoms with Crippen LogP contribution < -0.4 is 5.46 Å². The molecule has 0 amide bonds. The van der Waals surface area contributed by atoms with E-state index in [1.807, 2.05) is 26.2 Å². The topological polar surface area (TPSA) is 17.1 Å². The second-order valence-corrected chi connectivity index (χ2v) is 2.53. The quantitative estimate of drug-likeness (QED) is 0.479. The van der Waals surface area contributed by atoms with E-state index in [1.54, 1.807) is 12.1 Å². The lowest BCUT2D eigenvalue weighted by atomic mass is 9.73. The zero-order valence-corrected chi connectivity index (χ0v) is 6.93. The summed E-state index contributed by atoms with van der Waals surface area (Å²) in [6.07, 6.45) is 0. The third-order valence-corrected chi connectivity index (χ3v) is 1.69. The molecule has 0 saturated carbocycles. The first-order chi connectivity index (χ1) is 5.24. The van der Waals surface area contributed by atoms with Crippen molar-refractivity contribution in [3.05, 3.63) is 29.8 Å². The molecule has 3 heteroatoms. The maximum atomic E-state index is 10.6. The van der Waals surface area contributed by atoms with Crippen molar-refractivity contribution in [1.82, 2.24) is 0 Å². The van der Waals surface area contributed by atoms with Crippen LogP contribution in [0, 0.1) is 0 Å². The van der Waals surface area contributed by atoms with Gasteiger partial charge in [0.05, 0.1) is 0 Å². The summed E-state index contributed by atoms with van der Waals surface area (Å²) in [7, 11) is 1.96. The van der Waals surface area contributed by atoms with Gasteiger partial charge in [-0.3, -0.25) is 4.79 Å². The van der Waals surface area contributed by atoms with Gasteiger partial charge in [0, 0.05) is 5.56 Å². The van der Waals surface area contributed by atoms with Gasteiger partial charge in [0.15, 0.2) is 0 Å². The van der Waals surface area contributed by atoms with Crippen molar-refractivity contribution in [1.29, 1.82) is 0 Å². The summed E-state index contributed by atoms with van der Waals surface area (Å²) in [6, 6.07) is 7.14. The van der Waals surface area contributed by atoms with E-state index in [2.05, 4.69) is 0 Å². The van der Waals surface area contributed by atoms with Crippen LogP contribution in [0.1, 0.15) is 10.4 Å². The summed E-state index contributed by atoms with van der Waals surface area (Å²) in [6.45, 7) is 1.94. The van der Waals surface area contributed by atoms with Gasteiger partial charge < -0.3 is 0 Å². The first kappa shape index (κ1) is 8.34. The average molecular weight is 165 g/mol. The van der Waals surface area contributed by atoms with Gasteiger partial charge in [0.2, 0.25) is 0 Å². The first-order valence-electron chi connectivity index (χ1n) is 3.33. The predicted molar refractivity (Wildman–Crippen MR) is 47.9 cm³/mol. The second kappa shape index (κ2) is 3.58. The van der Waals surface area contributed by atoms with Crippen molar-refractivity contribution >= 4 is 29.6 Å². The van der Waals surface area contributed by atoms with E-state index in [0.717, 1.165) is 5.46 Å². The van der Waals surface area contributed by atoms with Crippen molar-refractivity contribution in [2.24, 2.45) is 0 Å². The molecule has 1 nitrogen and oxygen atoms in total. The van der Waals surface area contributed by atoms with E-state index < -0.39 is 5.24 Å². The summed E-state index contributed by atoms with van der Waals surface area (Å²) in [4.78, 5) is 10.6. The Hall–Kier alpha value is -0.755. The van der Waals surface area contributed by atoms with Crippen LogP contribution in [0.25, 0.3) is 0 Å². The van der Waals surface area contributed by atoms with Crippen LogP contribution in [-0.2, 0) is 0 Å². The predicted octanol–water partition coefficient (Wildman–Crippen LogP) is 1.44. The van der Waals surface area contributed by atoms with Crippen molar-refractivity contribution in [3.8, 4) is 0 Å². The van der Waals surface area contributed by atoms with Crippen LogP contribution in [0.5, 0.6) is 0 Å². The van der Waals surface area contributed by atoms with Crippen molar-refractivity contribution in [2.75, 3.05) is 0 Å². The van der Waals surface area contributed by atoms with Gasteiger partial charge in [-0.05, 0) is 11.6 Å². The normalized spacial score (nSPS) is 9.27. The third-order valence-electron chi connectivity index (χ3n) is 1.47. The molecule has 1 aromatic carbocycles. The van der Waals surface area contributed by atoms with Gasteiger partial charge in [0.25, 0.3) is 5.24 Å². The molecule has 0 spiro atoms. The number of rotatable bonds is 2. The summed E-state index contributed by atoms with van der Waals surface area (Å²) in [5, 5.41) is -0.410. The molecule has 0 heterocycles. The third kappa shape index (κ3) is 2.09.